The predicted molar refractivity (Wildman–Crippen MR) is 253 cm³/mol. The zero-order chi connectivity index (χ0) is 41.3. The van der Waals surface area contributed by atoms with Crippen LogP contribution in [0.4, 0.5) is 0 Å². The van der Waals surface area contributed by atoms with Crippen molar-refractivity contribution < 1.29 is 0 Å². The van der Waals surface area contributed by atoms with E-state index in [2.05, 4.69) is 166 Å². The largest absolute Gasteiger partial charge is 0.309 e. The first-order chi connectivity index (χ1) is 29.7. The van der Waals surface area contributed by atoms with Crippen LogP contribution in [0.15, 0.2) is 194 Å². The molecule has 0 bridgehead atoms. The fourth-order valence-electron chi connectivity index (χ4n) is 9.41. The van der Waals surface area contributed by atoms with Gasteiger partial charge in [-0.25, -0.2) is 15.0 Å². The minimum absolute atomic E-state index is 0.00453. The molecule has 10 aromatic rings. The Morgan fingerprint density at radius 3 is 1.39 bits per heavy atom. The molecule has 11 rings (SSSR count). The lowest BCUT2D eigenvalue weighted by molar-refractivity contribution is 0.299. The number of rotatable bonds is 6. The molecule has 0 spiro atoms. The van der Waals surface area contributed by atoms with Gasteiger partial charge in [-0.15, -0.1) is 0 Å². The molecule has 0 unspecified atom stereocenters. The summed E-state index contributed by atoms with van der Waals surface area (Å²) in [7, 11) is 0. The normalized spacial score (nSPS) is 13.8. The first-order valence-electron chi connectivity index (χ1n) is 21.1. The van der Waals surface area contributed by atoms with Crippen molar-refractivity contribution in [2.45, 2.75) is 38.5 Å². The van der Waals surface area contributed by atoms with Crippen LogP contribution in [0.3, 0.4) is 0 Å². The average Bonchev–Trinajstić information content (AvgIpc) is 3.65. The van der Waals surface area contributed by atoms with Crippen LogP contribution in [0.2, 0.25) is 0 Å². The van der Waals surface area contributed by atoms with Gasteiger partial charge in [0.2, 0.25) is 0 Å². The van der Waals surface area contributed by atoms with Gasteiger partial charge in [-0.05, 0) is 97.8 Å². The molecule has 2 aromatic heterocycles. The summed E-state index contributed by atoms with van der Waals surface area (Å²) in [5, 5.41) is 2.44. The first-order valence-corrected chi connectivity index (χ1v) is 21.1. The fraction of sp³-hybridized carbons (Fsp3) is 0.105. The molecule has 0 saturated carbocycles. The van der Waals surface area contributed by atoms with E-state index in [9.17, 15) is 0 Å². The quantitative estimate of drug-likeness (QED) is 0.169. The molecule has 0 N–H and O–H groups in total. The van der Waals surface area contributed by atoms with Crippen molar-refractivity contribution in [2.24, 2.45) is 0 Å². The van der Waals surface area contributed by atoms with Crippen LogP contribution < -0.4 is 0 Å². The van der Waals surface area contributed by atoms with E-state index >= 15 is 0 Å². The Morgan fingerprint density at radius 1 is 0.328 bits per heavy atom. The Hall–Kier alpha value is -7.43. The van der Waals surface area contributed by atoms with Gasteiger partial charge in [0.15, 0.2) is 17.5 Å². The van der Waals surface area contributed by atoms with Crippen molar-refractivity contribution in [3.8, 4) is 73.2 Å². The van der Waals surface area contributed by atoms with Gasteiger partial charge in [0, 0.05) is 33.2 Å². The molecule has 0 amide bonds. The highest BCUT2D eigenvalue weighted by atomic mass is 15.0. The van der Waals surface area contributed by atoms with Gasteiger partial charge in [0.25, 0.3) is 0 Å². The zero-order valence-corrected chi connectivity index (χ0v) is 34.8. The Balaban J connectivity index is 0.956. The number of hydrogen-bond acceptors (Lipinski definition) is 3. The predicted octanol–water partition coefficient (Wildman–Crippen LogP) is 14.5. The first kappa shape index (κ1) is 36.6. The Bertz CT molecular complexity index is 3210. The summed E-state index contributed by atoms with van der Waals surface area (Å²) in [4.78, 5) is 14.8. The lowest BCUT2D eigenvalue weighted by Crippen LogP contribution is -2.43. The van der Waals surface area contributed by atoms with E-state index in [1.165, 1.54) is 55.3 Å². The lowest BCUT2D eigenvalue weighted by atomic mass is 9.55. The van der Waals surface area contributed by atoms with Gasteiger partial charge < -0.3 is 4.57 Å². The summed E-state index contributed by atoms with van der Waals surface area (Å²) in [6.07, 6.45) is 0. The topological polar surface area (TPSA) is 43.6 Å². The van der Waals surface area contributed by atoms with E-state index < -0.39 is 0 Å². The second-order valence-corrected chi connectivity index (χ2v) is 17.3. The van der Waals surface area contributed by atoms with Crippen LogP contribution in [0.1, 0.15) is 38.8 Å². The maximum absolute atomic E-state index is 4.97. The summed E-state index contributed by atoms with van der Waals surface area (Å²) >= 11 is 0. The third-order valence-electron chi connectivity index (χ3n) is 13.5. The standard InChI is InChI=1S/C57H44N4/c1-56(2)49-21-13-11-19-45(49)48-35-42(30-34-50(48)57(56,3)4)37-23-25-38(26-24-37)43-29-33-47-46-20-12-14-22-51(46)61(52(47)36-43)44-31-27-41(28-32-44)55-59-53(39-15-7-5-8-16-39)58-54(60-55)40-17-9-6-10-18-40/h5-36H,1-4H3. The lowest BCUT2D eigenvalue weighted by Gasteiger charge is -2.48. The summed E-state index contributed by atoms with van der Waals surface area (Å²) in [5.74, 6) is 1.94. The highest BCUT2D eigenvalue weighted by Gasteiger charge is 2.45. The number of nitrogens with zero attached hydrogens (tertiary/aromatic N) is 4. The van der Waals surface area contributed by atoms with Crippen molar-refractivity contribution in [3.05, 3.63) is 205 Å². The minimum atomic E-state index is -0.00453. The molecule has 2 heterocycles. The monoisotopic (exact) mass is 784 g/mol. The van der Waals surface area contributed by atoms with E-state index in [4.69, 9.17) is 15.0 Å². The molecule has 0 saturated heterocycles. The number of fused-ring (bicyclic) bond motifs is 6. The van der Waals surface area contributed by atoms with Crippen LogP contribution in [0.25, 0.3) is 95.0 Å². The fourth-order valence-corrected chi connectivity index (χ4v) is 9.41. The van der Waals surface area contributed by atoms with Crippen LogP contribution in [0.5, 0.6) is 0 Å². The number of hydrogen-bond donors (Lipinski definition) is 0. The van der Waals surface area contributed by atoms with Gasteiger partial charge in [-0.2, -0.15) is 0 Å². The van der Waals surface area contributed by atoms with Crippen molar-refractivity contribution >= 4 is 21.8 Å². The SMILES string of the molecule is CC1(C)c2ccccc2-c2cc(-c3ccc(-c4ccc5c6ccccc6n(-c6ccc(-c7nc(-c8ccccc8)nc(-c8ccccc8)n7)cc6)c5c4)cc3)ccc2C1(C)C. The molecule has 4 nitrogen and oxygen atoms in total. The number of benzene rings is 8. The van der Waals surface area contributed by atoms with E-state index in [0.29, 0.717) is 17.5 Å². The van der Waals surface area contributed by atoms with Crippen molar-refractivity contribution in [2.75, 3.05) is 0 Å². The van der Waals surface area contributed by atoms with Crippen molar-refractivity contribution in [1.29, 1.82) is 0 Å². The van der Waals surface area contributed by atoms with Gasteiger partial charge in [0.1, 0.15) is 0 Å². The third kappa shape index (κ3) is 6.01. The van der Waals surface area contributed by atoms with Crippen LogP contribution in [0, 0.1) is 0 Å². The molecule has 0 fully saturated rings. The molecule has 1 aliphatic rings. The Morgan fingerprint density at radius 2 is 0.770 bits per heavy atom. The van der Waals surface area contributed by atoms with Crippen LogP contribution >= 0.6 is 0 Å². The molecule has 0 atom stereocenters. The van der Waals surface area contributed by atoms with E-state index in [1.807, 2.05) is 60.7 Å². The van der Waals surface area contributed by atoms with Crippen LogP contribution in [-0.4, -0.2) is 19.5 Å². The summed E-state index contributed by atoms with van der Waals surface area (Å²) in [6, 6.07) is 69.5. The highest BCUT2D eigenvalue weighted by Crippen LogP contribution is 2.54. The van der Waals surface area contributed by atoms with Crippen molar-refractivity contribution in [3.63, 3.8) is 0 Å². The molecule has 0 aliphatic heterocycles. The molecular formula is C57H44N4. The van der Waals surface area contributed by atoms with E-state index in [-0.39, 0.29) is 10.8 Å². The molecule has 8 aromatic carbocycles. The van der Waals surface area contributed by atoms with Gasteiger partial charge in [0.05, 0.1) is 11.0 Å². The Kier molecular flexibility index (Phi) is 8.47. The van der Waals surface area contributed by atoms with Gasteiger partial charge in [-0.1, -0.05) is 179 Å². The molecule has 61 heavy (non-hydrogen) atoms. The van der Waals surface area contributed by atoms with Crippen LogP contribution in [-0.2, 0) is 10.8 Å². The minimum Gasteiger partial charge on any atom is -0.309 e. The number of para-hydroxylation sites is 1. The summed E-state index contributed by atoms with van der Waals surface area (Å²) in [5.41, 5.74) is 16.6. The molecule has 4 heteroatoms. The molecular weight excluding hydrogens is 741 g/mol. The molecule has 0 radical (unpaired) electrons. The van der Waals surface area contributed by atoms with Gasteiger partial charge >= 0.3 is 0 Å². The summed E-state index contributed by atoms with van der Waals surface area (Å²) in [6.45, 7) is 9.55. The second kappa shape index (κ2) is 14.1. The van der Waals surface area contributed by atoms with E-state index in [0.717, 1.165) is 33.4 Å². The smallest absolute Gasteiger partial charge is 0.164 e. The third-order valence-corrected chi connectivity index (χ3v) is 13.5. The Labute approximate surface area is 356 Å². The molecule has 292 valence electrons. The number of aromatic nitrogens is 4. The van der Waals surface area contributed by atoms with Gasteiger partial charge in [-0.3, -0.25) is 0 Å². The average molecular weight is 785 g/mol. The highest BCUT2D eigenvalue weighted by molar-refractivity contribution is 6.10. The van der Waals surface area contributed by atoms with E-state index in [1.54, 1.807) is 0 Å². The van der Waals surface area contributed by atoms with Crippen molar-refractivity contribution in [1.82, 2.24) is 19.5 Å². The maximum atomic E-state index is 4.97. The second-order valence-electron chi connectivity index (χ2n) is 17.3. The molecule has 1 aliphatic carbocycles. The maximum Gasteiger partial charge on any atom is 0.164 e. The summed E-state index contributed by atoms with van der Waals surface area (Å²) < 4.78 is 2.37. The zero-order valence-electron chi connectivity index (χ0n) is 34.8.